The molecule has 0 saturated carbocycles. The molecule has 0 aliphatic carbocycles. The van der Waals surface area contributed by atoms with Crippen molar-refractivity contribution >= 4 is 17.8 Å². The summed E-state index contributed by atoms with van der Waals surface area (Å²) < 4.78 is 26.3. The second-order valence-electron chi connectivity index (χ2n) is 5.83. The molecule has 8 heteroatoms. The number of carbonyl (C=O) groups excluding carboxylic acids is 2. The van der Waals surface area contributed by atoms with Gasteiger partial charge in [-0.15, -0.1) is 0 Å². The zero-order valence-electron chi connectivity index (χ0n) is 13.2. The quantitative estimate of drug-likeness (QED) is 0.845. The maximum absolute atomic E-state index is 13.3. The van der Waals surface area contributed by atoms with Crippen LogP contribution in [0, 0.1) is 17.6 Å². The number of benzene rings is 1. The molecule has 1 heterocycles. The molecule has 1 fully saturated rings. The molecule has 0 aromatic heterocycles. The molecule has 2 amide bonds. The van der Waals surface area contributed by atoms with Crippen LogP contribution in [-0.2, 0) is 20.9 Å². The molecule has 1 aliphatic rings. The number of aliphatic carboxylic acids is 1. The average molecular weight is 340 g/mol. The van der Waals surface area contributed by atoms with Gasteiger partial charge in [0.25, 0.3) is 0 Å². The molecule has 1 aliphatic heterocycles. The number of nitrogens with zero attached hydrogens (tertiary/aromatic N) is 2. The normalized spacial score (nSPS) is 17.2. The fourth-order valence-electron chi connectivity index (χ4n) is 2.64. The van der Waals surface area contributed by atoms with Crippen molar-refractivity contribution in [1.82, 2.24) is 9.80 Å². The second kappa shape index (κ2) is 7.37. The summed E-state index contributed by atoms with van der Waals surface area (Å²) in [4.78, 5) is 37.7. The predicted molar refractivity (Wildman–Crippen MR) is 79.8 cm³/mol. The number of carboxylic acid groups (broad SMARTS) is 1. The van der Waals surface area contributed by atoms with Crippen LogP contribution in [0.4, 0.5) is 8.78 Å². The molecule has 1 aromatic carbocycles. The van der Waals surface area contributed by atoms with E-state index in [0.717, 1.165) is 12.1 Å². The van der Waals surface area contributed by atoms with E-state index in [1.54, 1.807) is 7.05 Å². The molecular formula is C16H18F2N2O4. The summed E-state index contributed by atoms with van der Waals surface area (Å²) in [6.45, 7) is 0.151. The van der Waals surface area contributed by atoms with Crippen LogP contribution in [0.1, 0.15) is 18.4 Å². The van der Waals surface area contributed by atoms with Gasteiger partial charge in [-0.2, -0.15) is 0 Å². The van der Waals surface area contributed by atoms with Crippen molar-refractivity contribution in [2.45, 2.75) is 19.4 Å². The summed E-state index contributed by atoms with van der Waals surface area (Å²) in [6.07, 6.45) is -0.206. The van der Waals surface area contributed by atoms with Crippen LogP contribution in [0.15, 0.2) is 18.2 Å². The molecule has 1 atom stereocenters. The Morgan fingerprint density at radius 2 is 2.04 bits per heavy atom. The van der Waals surface area contributed by atoms with E-state index in [9.17, 15) is 23.2 Å². The topological polar surface area (TPSA) is 77.9 Å². The van der Waals surface area contributed by atoms with E-state index in [-0.39, 0.29) is 44.3 Å². The van der Waals surface area contributed by atoms with Crippen molar-refractivity contribution in [3.8, 4) is 0 Å². The minimum Gasteiger partial charge on any atom is -0.481 e. The van der Waals surface area contributed by atoms with Crippen LogP contribution in [-0.4, -0.2) is 52.8 Å². The lowest BCUT2D eigenvalue weighted by Crippen LogP contribution is -2.38. The van der Waals surface area contributed by atoms with E-state index in [1.807, 2.05) is 0 Å². The number of amides is 2. The van der Waals surface area contributed by atoms with Crippen LogP contribution < -0.4 is 0 Å². The molecule has 1 unspecified atom stereocenters. The fraction of sp³-hybridized carbons (Fsp3) is 0.438. The van der Waals surface area contributed by atoms with Crippen LogP contribution in [0.25, 0.3) is 0 Å². The monoisotopic (exact) mass is 340 g/mol. The molecule has 24 heavy (non-hydrogen) atoms. The van der Waals surface area contributed by atoms with Gasteiger partial charge in [-0.1, -0.05) is 6.07 Å². The minimum atomic E-state index is -1.07. The zero-order chi connectivity index (χ0) is 17.9. The van der Waals surface area contributed by atoms with E-state index in [0.29, 0.717) is 5.56 Å². The van der Waals surface area contributed by atoms with Gasteiger partial charge in [-0.25, -0.2) is 8.78 Å². The number of halogens is 2. The van der Waals surface area contributed by atoms with Crippen molar-refractivity contribution in [3.63, 3.8) is 0 Å². The van der Waals surface area contributed by atoms with Gasteiger partial charge in [0.2, 0.25) is 11.8 Å². The number of rotatable bonds is 6. The number of carboxylic acids is 1. The first-order valence-electron chi connectivity index (χ1n) is 7.46. The Labute approximate surface area is 137 Å². The first-order chi connectivity index (χ1) is 11.3. The van der Waals surface area contributed by atoms with Crippen molar-refractivity contribution in [2.75, 3.05) is 20.1 Å². The highest BCUT2D eigenvalue weighted by Crippen LogP contribution is 2.20. The maximum atomic E-state index is 13.3. The molecule has 1 N–H and O–H groups in total. The van der Waals surface area contributed by atoms with Crippen LogP contribution in [0.3, 0.4) is 0 Å². The van der Waals surface area contributed by atoms with Gasteiger partial charge < -0.3 is 14.9 Å². The highest BCUT2D eigenvalue weighted by atomic mass is 19.2. The largest absolute Gasteiger partial charge is 0.481 e. The minimum absolute atomic E-state index is 0.0439. The van der Waals surface area contributed by atoms with Crippen molar-refractivity contribution in [3.05, 3.63) is 35.4 Å². The molecule has 130 valence electrons. The van der Waals surface area contributed by atoms with E-state index in [4.69, 9.17) is 5.11 Å². The Balaban J connectivity index is 2.14. The average Bonchev–Trinajstić information content (AvgIpc) is 2.85. The molecule has 1 saturated heterocycles. The smallest absolute Gasteiger partial charge is 0.305 e. The SMILES string of the molecule is CN1CC(C(=O)N(CCC(=O)O)Cc2ccc(F)c(F)c2)CC1=O. The zero-order valence-corrected chi connectivity index (χ0v) is 13.2. The maximum Gasteiger partial charge on any atom is 0.305 e. The van der Waals surface area contributed by atoms with Gasteiger partial charge in [-0.3, -0.25) is 14.4 Å². The van der Waals surface area contributed by atoms with Gasteiger partial charge >= 0.3 is 5.97 Å². The van der Waals surface area contributed by atoms with Crippen LogP contribution in [0.2, 0.25) is 0 Å². The molecule has 0 spiro atoms. The Morgan fingerprint density at radius 3 is 2.58 bits per heavy atom. The molecule has 2 rings (SSSR count). The van der Waals surface area contributed by atoms with E-state index >= 15 is 0 Å². The predicted octanol–water partition coefficient (Wildman–Crippen LogP) is 1.25. The Bertz CT molecular complexity index is 665. The number of likely N-dealkylation sites (tertiary alicyclic amines) is 1. The van der Waals surface area contributed by atoms with Crippen LogP contribution in [0.5, 0.6) is 0 Å². The third kappa shape index (κ3) is 4.27. The van der Waals surface area contributed by atoms with E-state index in [1.165, 1.54) is 15.9 Å². The van der Waals surface area contributed by atoms with Crippen molar-refractivity contribution in [1.29, 1.82) is 0 Å². The fourth-order valence-corrected chi connectivity index (χ4v) is 2.64. The van der Waals surface area contributed by atoms with Crippen molar-refractivity contribution in [2.24, 2.45) is 5.92 Å². The third-order valence-electron chi connectivity index (χ3n) is 3.95. The van der Waals surface area contributed by atoms with Crippen LogP contribution >= 0.6 is 0 Å². The molecule has 0 radical (unpaired) electrons. The molecule has 0 bridgehead atoms. The lowest BCUT2D eigenvalue weighted by Gasteiger charge is -2.25. The van der Waals surface area contributed by atoms with E-state index in [2.05, 4.69) is 0 Å². The summed E-state index contributed by atoms with van der Waals surface area (Å²) >= 11 is 0. The summed E-state index contributed by atoms with van der Waals surface area (Å²) in [5.41, 5.74) is 0.352. The highest BCUT2D eigenvalue weighted by molar-refractivity contribution is 5.89. The molecule has 1 aromatic rings. The molecule has 6 nitrogen and oxygen atoms in total. The second-order valence-corrected chi connectivity index (χ2v) is 5.83. The Morgan fingerprint density at radius 1 is 1.33 bits per heavy atom. The summed E-state index contributed by atoms with van der Waals surface area (Å²) in [7, 11) is 1.59. The lowest BCUT2D eigenvalue weighted by atomic mass is 10.1. The van der Waals surface area contributed by atoms with Gasteiger partial charge in [0.05, 0.1) is 12.3 Å². The number of hydrogen-bond acceptors (Lipinski definition) is 3. The standard InChI is InChI=1S/C16H18F2N2O4/c1-19-9-11(7-14(19)21)16(24)20(5-4-15(22)23)8-10-2-3-12(17)13(18)6-10/h2-3,6,11H,4-5,7-9H2,1H3,(H,22,23). The Hall–Kier alpha value is -2.51. The summed E-state index contributed by atoms with van der Waals surface area (Å²) in [6, 6.07) is 3.27. The third-order valence-corrected chi connectivity index (χ3v) is 3.95. The highest BCUT2D eigenvalue weighted by Gasteiger charge is 2.34. The van der Waals surface area contributed by atoms with Crippen molar-refractivity contribution < 1.29 is 28.3 Å². The first kappa shape index (κ1) is 17.8. The van der Waals surface area contributed by atoms with Gasteiger partial charge in [0.15, 0.2) is 11.6 Å². The number of carbonyl (C=O) groups is 3. The lowest BCUT2D eigenvalue weighted by molar-refractivity contribution is -0.140. The first-order valence-corrected chi connectivity index (χ1v) is 7.46. The summed E-state index contributed by atoms with van der Waals surface area (Å²) in [5, 5.41) is 8.83. The van der Waals surface area contributed by atoms with Gasteiger partial charge in [-0.05, 0) is 17.7 Å². The van der Waals surface area contributed by atoms with Gasteiger partial charge in [0.1, 0.15) is 0 Å². The van der Waals surface area contributed by atoms with E-state index < -0.39 is 23.5 Å². The molecular weight excluding hydrogens is 322 g/mol. The summed E-state index contributed by atoms with van der Waals surface area (Å²) in [5.74, 6) is -4.17. The van der Waals surface area contributed by atoms with Gasteiger partial charge in [0, 0.05) is 33.1 Å². The Kier molecular flexibility index (Phi) is 5.48. The number of hydrogen-bond donors (Lipinski definition) is 1.